The van der Waals surface area contributed by atoms with Crippen LogP contribution >= 0.6 is 0 Å². The minimum atomic E-state index is -0.0182. The maximum Gasteiger partial charge on any atom is 0.135 e. The molecule has 1 aliphatic heterocycles. The summed E-state index contributed by atoms with van der Waals surface area (Å²) in [4.78, 5) is 12.1. The Morgan fingerprint density at radius 3 is 1.55 bits per heavy atom. The molecule has 1 aliphatic rings. The topological polar surface area (TPSA) is 27.5 Å². The van der Waals surface area contributed by atoms with Crippen LogP contribution in [0, 0.1) is 18.8 Å². The first-order valence-corrected chi connectivity index (χ1v) is 28.7. The number of hydrogen-bond acceptors (Lipinski definition) is 4. The smallest absolute Gasteiger partial charge is 0.135 e. The Balaban J connectivity index is 0.00000658. The standard InChI is InChI=1S/C78H62N5.Pt/c1-77(2,3)58-42-37-56(38-43-58)65-33-21-34-66(57-39-44-59(45-40-57)78(4,5)6)75(65)82(62-46-47-69-68-30-15-16-35-70(68)83(72(69)51-62)73-36-17-18-49-79-73)61-28-19-27-60(50-61)80-52-81(76-67-29-14-13-26-55(67)41-48-71(76)80)74-63(53-22-9-7-10-23-53)31-20-32-64(74)54-24-11-8-12-25-54;/h7-49,52H,1-6H3;/q-3;. The Hall–Kier alpha value is -9.28. The summed E-state index contributed by atoms with van der Waals surface area (Å²) >= 11 is 0. The van der Waals surface area contributed by atoms with Gasteiger partial charge in [0.05, 0.1) is 5.69 Å². The molecule has 0 bridgehead atoms. The summed E-state index contributed by atoms with van der Waals surface area (Å²) in [6, 6.07) is 101. The van der Waals surface area contributed by atoms with Crippen molar-refractivity contribution in [2.75, 3.05) is 14.7 Å². The molecule has 13 aromatic rings. The van der Waals surface area contributed by atoms with E-state index in [1.165, 1.54) is 11.1 Å². The normalized spacial score (nSPS) is 12.5. The van der Waals surface area contributed by atoms with Crippen molar-refractivity contribution in [3.8, 4) is 50.3 Å². The predicted molar refractivity (Wildman–Crippen MR) is 349 cm³/mol. The van der Waals surface area contributed by atoms with Crippen LogP contribution < -0.4 is 14.7 Å². The number of hydrogen-bond donors (Lipinski definition) is 0. The molecule has 0 aliphatic carbocycles. The Labute approximate surface area is 508 Å². The molecule has 3 heterocycles. The zero-order valence-corrected chi connectivity index (χ0v) is 50.2. The van der Waals surface area contributed by atoms with Crippen LogP contribution in [0.5, 0.6) is 0 Å². The quantitative estimate of drug-likeness (QED) is 0.128. The summed E-state index contributed by atoms with van der Waals surface area (Å²) in [5.74, 6) is 0.829. The van der Waals surface area contributed by atoms with Gasteiger partial charge in [0.1, 0.15) is 5.82 Å². The maximum absolute atomic E-state index is 4.94. The van der Waals surface area contributed by atoms with Gasteiger partial charge in [-0.15, -0.1) is 48.1 Å². The second-order valence-electron chi connectivity index (χ2n) is 23.7. The van der Waals surface area contributed by atoms with Gasteiger partial charge in [0.15, 0.2) is 0 Å². The predicted octanol–water partition coefficient (Wildman–Crippen LogP) is 21.1. The monoisotopic (exact) mass is 1260 g/mol. The van der Waals surface area contributed by atoms with Gasteiger partial charge in [0, 0.05) is 77.5 Å². The van der Waals surface area contributed by atoms with Gasteiger partial charge in [-0.05, 0) is 79.2 Å². The van der Waals surface area contributed by atoms with Gasteiger partial charge in [-0.25, -0.2) is 4.98 Å². The van der Waals surface area contributed by atoms with E-state index in [2.05, 4.69) is 328 Å². The maximum atomic E-state index is 4.94. The van der Waals surface area contributed by atoms with Crippen LogP contribution in [0.15, 0.2) is 261 Å². The van der Waals surface area contributed by atoms with Crippen molar-refractivity contribution >= 4 is 72.4 Å². The van der Waals surface area contributed by atoms with Crippen LogP contribution in [0.4, 0.5) is 39.8 Å². The number of anilines is 7. The molecule has 0 fully saturated rings. The minimum Gasteiger partial charge on any atom is -0.493 e. The molecule has 5 nitrogen and oxygen atoms in total. The molecule has 0 saturated heterocycles. The second kappa shape index (κ2) is 21.8. The molecule has 84 heavy (non-hydrogen) atoms. The van der Waals surface area contributed by atoms with Gasteiger partial charge in [-0.1, -0.05) is 259 Å². The fourth-order valence-corrected chi connectivity index (χ4v) is 12.2. The summed E-state index contributed by atoms with van der Waals surface area (Å²) in [5, 5.41) is 4.55. The largest absolute Gasteiger partial charge is 0.493 e. The van der Waals surface area contributed by atoms with Crippen molar-refractivity contribution in [2.24, 2.45) is 0 Å². The molecule has 6 heteroatoms. The van der Waals surface area contributed by atoms with E-state index in [1.54, 1.807) is 0 Å². The zero-order chi connectivity index (χ0) is 56.4. The third kappa shape index (κ3) is 9.67. The van der Waals surface area contributed by atoms with Crippen molar-refractivity contribution in [3.05, 3.63) is 291 Å². The molecular formula is C78H62N5Pt-3. The Morgan fingerprint density at radius 2 is 0.940 bits per heavy atom. The third-order valence-corrected chi connectivity index (χ3v) is 16.4. The van der Waals surface area contributed by atoms with E-state index in [4.69, 9.17) is 4.98 Å². The van der Waals surface area contributed by atoms with Gasteiger partial charge >= 0.3 is 0 Å². The van der Waals surface area contributed by atoms with Gasteiger partial charge < -0.3 is 19.3 Å². The molecule has 0 atom stereocenters. The summed E-state index contributed by atoms with van der Waals surface area (Å²) in [5.41, 5.74) is 20.4. The zero-order valence-electron chi connectivity index (χ0n) is 48.0. The average Bonchev–Trinajstić information content (AvgIpc) is 1.76. The summed E-state index contributed by atoms with van der Waals surface area (Å²) in [7, 11) is 0. The molecule has 0 radical (unpaired) electrons. The molecular weight excluding hydrogens is 1200 g/mol. The van der Waals surface area contributed by atoms with E-state index in [0.29, 0.717) is 0 Å². The number of para-hydroxylation sites is 3. The SMILES string of the molecule is CC(C)(C)c1ccc(-c2cccc(-c3ccc(C(C)(C)C)cc3)c2N(c2[c-]c(N3[CH-]N(c4c(-c5ccccc5)cccc4-c4ccccc4)c4c3ccc3ccccc43)ccc2)c2[c-]c3c(cc2)c2ccccc2n3-c2ccccn2)cc1.[Pt]. The van der Waals surface area contributed by atoms with Crippen LogP contribution in [0.2, 0.25) is 0 Å². The summed E-state index contributed by atoms with van der Waals surface area (Å²) in [6.45, 7) is 15.9. The van der Waals surface area contributed by atoms with Gasteiger partial charge in [0.2, 0.25) is 0 Å². The molecule has 0 saturated carbocycles. The van der Waals surface area contributed by atoms with Crippen LogP contribution in [0.1, 0.15) is 52.7 Å². The van der Waals surface area contributed by atoms with Gasteiger partial charge in [-0.2, -0.15) is 12.1 Å². The first kappa shape index (κ1) is 54.0. The summed E-state index contributed by atoms with van der Waals surface area (Å²) in [6.07, 6.45) is 1.87. The van der Waals surface area contributed by atoms with E-state index < -0.39 is 0 Å². The number of nitrogens with zero attached hydrogens (tertiary/aromatic N) is 5. The van der Waals surface area contributed by atoms with Crippen molar-refractivity contribution in [1.29, 1.82) is 0 Å². The first-order valence-electron chi connectivity index (χ1n) is 28.7. The van der Waals surface area contributed by atoms with E-state index >= 15 is 0 Å². The molecule has 412 valence electrons. The summed E-state index contributed by atoms with van der Waals surface area (Å²) < 4.78 is 2.25. The van der Waals surface area contributed by atoms with E-state index in [9.17, 15) is 0 Å². The van der Waals surface area contributed by atoms with E-state index in [1.807, 2.05) is 12.3 Å². The molecule has 0 N–H and O–H groups in total. The molecule has 2 aromatic heterocycles. The van der Waals surface area contributed by atoms with Crippen LogP contribution in [0.3, 0.4) is 0 Å². The minimum absolute atomic E-state index is 0. The number of aromatic nitrogens is 2. The van der Waals surface area contributed by atoms with Crippen molar-refractivity contribution < 1.29 is 21.1 Å². The van der Waals surface area contributed by atoms with E-state index in [-0.39, 0.29) is 31.9 Å². The van der Waals surface area contributed by atoms with Crippen LogP contribution in [0.25, 0.3) is 82.9 Å². The number of pyridine rings is 1. The van der Waals surface area contributed by atoms with Crippen molar-refractivity contribution in [2.45, 2.75) is 52.4 Å². The van der Waals surface area contributed by atoms with Crippen LogP contribution in [-0.2, 0) is 31.9 Å². The van der Waals surface area contributed by atoms with Crippen molar-refractivity contribution in [3.63, 3.8) is 0 Å². The third-order valence-electron chi connectivity index (χ3n) is 16.4. The van der Waals surface area contributed by atoms with Crippen molar-refractivity contribution in [1.82, 2.24) is 9.55 Å². The number of benzene rings is 11. The Morgan fingerprint density at radius 1 is 0.405 bits per heavy atom. The van der Waals surface area contributed by atoms with Gasteiger partial charge in [0.25, 0.3) is 0 Å². The first-order chi connectivity index (χ1) is 40.5. The fourth-order valence-electron chi connectivity index (χ4n) is 12.2. The second-order valence-corrected chi connectivity index (χ2v) is 23.7. The van der Waals surface area contributed by atoms with E-state index in [0.717, 1.165) is 123 Å². The Kier molecular flexibility index (Phi) is 14.0. The van der Waals surface area contributed by atoms with Gasteiger partial charge in [-0.3, -0.25) is 0 Å². The molecule has 0 spiro atoms. The Bertz CT molecular complexity index is 4400. The number of fused-ring (bicyclic) bond motifs is 6. The fraction of sp³-hybridized carbons (Fsp3) is 0.103. The molecule has 0 amide bonds. The number of rotatable bonds is 10. The van der Waals surface area contributed by atoms with Crippen LogP contribution in [-0.4, -0.2) is 9.55 Å². The molecule has 11 aromatic carbocycles. The average molecular weight is 1260 g/mol. The molecule has 14 rings (SSSR count). The molecule has 0 unspecified atom stereocenters.